The van der Waals surface area contributed by atoms with Crippen LogP contribution in [-0.4, -0.2) is 13.2 Å². The lowest BCUT2D eigenvalue weighted by Crippen LogP contribution is -2.07. The zero-order valence-electron chi connectivity index (χ0n) is 8.93. The Balaban J connectivity index is 3.08. The van der Waals surface area contributed by atoms with Crippen LogP contribution in [0.15, 0.2) is 12.1 Å². The van der Waals surface area contributed by atoms with Crippen molar-refractivity contribution in [3.05, 3.63) is 23.5 Å². The lowest BCUT2D eigenvalue weighted by molar-refractivity contribution is 0.227. The summed E-state index contributed by atoms with van der Waals surface area (Å²) in [6.45, 7) is 5.58. The molecule has 1 aromatic carbocycles. The molecule has 0 bridgehead atoms. The fourth-order valence-corrected chi connectivity index (χ4v) is 1.19. The van der Waals surface area contributed by atoms with E-state index in [2.05, 4.69) is 0 Å². The van der Waals surface area contributed by atoms with Crippen LogP contribution < -0.4 is 9.47 Å². The van der Waals surface area contributed by atoms with E-state index in [9.17, 15) is 4.39 Å². The molecule has 14 heavy (non-hydrogen) atoms. The molecule has 0 aliphatic heterocycles. The molecule has 1 rings (SSSR count). The summed E-state index contributed by atoms with van der Waals surface area (Å²) in [5.41, 5.74) is 0.916. The number of hydrogen-bond acceptors (Lipinski definition) is 2. The van der Waals surface area contributed by atoms with Crippen molar-refractivity contribution in [2.24, 2.45) is 0 Å². The standard InChI is InChI=1S/C11H15FO2/c1-7(2)14-10-6-8(3)5-9(13-4)11(10)12/h5-7H,1-4H3. The maximum absolute atomic E-state index is 13.6. The Morgan fingerprint density at radius 1 is 1.21 bits per heavy atom. The highest BCUT2D eigenvalue weighted by Gasteiger charge is 2.12. The summed E-state index contributed by atoms with van der Waals surface area (Å²) in [6.07, 6.45) is -0.0454. The summed E-state index contributed by atoms with van der Waals surface area (Å²) < 4.78 is 23.8. The third-order valence-electron chi connectivity index (χ3n) is 1.73. The topological polar surface area (TPSA) is 18.5 Å². The number of benzene rings is 1. The Morgan fingerprint density at radius 3 is 2.29 bits per heavy atom. The second-order valence-corrected chi connectivity index (χ2v) is 3.45. The van der Waals surface area contributed by atoms with Crippen LogP contribution in [0.5, 0.6) is 11.5 Å². The molecular weight excluding hydrogens is 183 g/mol. The van der Waals surface area contributed by atoms with E-state index in [4.69, 9.17) is 9.47 Å². The summed E-state index contributed by atoms with van der Waals surface area (Å²) in [4.78, 5) is 0. The lowest BCUT2D eigenvalue weighted by atomic mass is 10.2. The van der Waals surface area contributed by atoms with E-state index in [-0.39, 0.29) is 17.6 Å². The average molecular weight is 198 g/mol. The van der Waals surface area contributed by atoms with Gasteiger partial charge < -0.3 is 9.47 Å². The van der Waals surface area contributed by atoms with Crippen molar-refractivity contribution in [1.29, 1.82) is 0 Å². The van der Waals surface area contributed by atoms with E-state index in [0.29, 0.717) is 0 Å². The van der Waals surface area contributed by atoms with Crippen LogP contribution in [0.3, 0.4) is 0 Å². The third kappa shape index (κ3) is 2.37. The Hall–Kier alpha value is -1.25. The molecule has 3 heteroatoms. The van der Waals surface area contributed by atoms with Crippen molar-refractivity contribution in [3.63, 3.8) is 0 Å². The molecule has 78 valence electrons. The van der Waals surface area contributed by atoms with Gasteiger partial charge >= 0.3 is 0 Å². The van der Waals surface area contributed by atoms with Crippen molar-refractivity contribution in [2.45, 2.75) is 26.9 Å². The summed E-state index contributed by atoms with van der Waals surface area (Å²) >= 11 is 0. The van der Waals surface area contributed by atoms with E-state index in [1.54, 1.807) is 12.1 Å². The molecule has 0 N–H and O–H groups in total. The fourth-order valence-electron chi connectivity index (χ4n) is 1.19. The van der Waals surface area contributed by atoms with Gasteiger partial charge in [-0.1, -0.05) is 0 Å². The Kier molecular flexibility index (Phi) is 3.33. The van der Waals surface area contributed by atoms with Gasteiger partial charge in [-0.15, -0.1) is 0 Å². The third-order valence-corrected chi connectivity index (χ3v) is 1.73. The molecule has 0 amide bonds. The van der Waals surface area contributed by atoms with E-state index in [0.717, 1.165) is 5.56 Å². The van der Waals surface area contributed by atoms with Gasteiger partial charge in [-0.25, -0.2) is 0 Å². The first kappa shape index (κ1) is 10.8. The molecule has 0 heterocycles. The molecule has 0 saturated carbocycles. The van der Waals surface area contributed by atoms with Crippen LogP contribution in [0.1, 0.15) is 19.4 Å². The largest absolute Gasteiger partial charge is 0.494 e. The maximum atomic E-state index is 13.6. The highest BCUT2D eigenvalue weighted by molar-refractivity contribution is 5.39. The molecule has 1 aromatic rings. The fraction of sp³-hybridized carbons (Fsp3) is 0.455. The molecule has 0 saturated heterocycles. The molecule has 0 atom stereocenters. The quantitative estimate of drug-likeness (QED) is 0.743. The van der Waals surface area contributed by atoms with E-state index >= 15 is 0 Å². The highest BCUT2D eigenvalue weighted by Crippen LogP contribution is 2.28. The van der Waals surface area contributed by atoms with Crippen LogP contribution in [-0.2, 0) is 0 Å². The van der Waals surface area contributed by atoms with E-state index < -0.39 is 5.82 Å². The van der Waals surface area contributed by atoms with E-state index in [1.807, 2.05) is 20.8 Å². The van der Waals surface area contributed by atoms with Crippen molar-refractivity contribution in [2.75, 3.05) is 7.11 Å². The number of ether oxygens (including phenoxy) is 2. The second kappa shape index (κ2) is 4.31. The van der Waals surface area contributed by atoms with Crippen molar-refractivity contribution < 1.29 is 13.9 Å². The minimum absolute atomic E-state index is 0.0454. The molecule has 0 aliphatic rings. The Morgan fingerprint density at radius 2 is 1.79 bits per heavy atom. The first-order valence-corrected chi connectivity index (χ1v) is 4.55. The number of rotatable bonds is 3. The van der Waals surface area contributed by atoms with Crippen LogP contribution in [0, 0.1) is 12.7 Å². The smallest absolute Gasteiger partial charge is 0.206 e. The molecule has 0 aliphatic carbocycles. The first-order chi connectivity index (χ1) is 6.54. The van der Waals surface area contributed by atoms with Gasteiger partial charge in [0.1, 0.15) is 0 Å². The zero-order valence-corrected chi connectivity index (χ0v) is 8.93. The number of halogens is 1. The van der Waals surface area contributed by atoms with Gasteiger partial charge in [0, 0.05) is 0 Å². The summed E-state index contributed by atoms with van der Waals surface area (Å²) in [5.74, 6) is 0.0318. The SMILES string of the molecule is COc1cc(C)cc(OC(C)C)c1F. The molecule has 0 spiro atoms. The van der Waals surface area contributed by atoms with Gasteiger partial charge in [0.25, 0.3) is 0 Å². The molecule has 0 fully saturated rings. The van der Waals surface area contributed by atoms with Gasteiger partial charge in [0.05, 0.1) is 13.2 Å². The van der Waals surface area contributed by atoms with Gasteiger partial charge in [-0.2, -0.15) is 4.39 Å². The van der Waals surface area contributed by atoms with Crippen molar-refractivity contribution in [3.8, 4) is 11.5 Å². The van der Waals surface area contributed by atoms with Crippen molar-refractivity contribution in [1.82, 2.24) is 0 Å². The molecule has 2 nitrogen and oxygen atoms in total. The molecular formula is C11H15FO2. The number of aryl methyl sites for hydroxylation is 1. The number of hydrogen-bond donors (Lipinski definition) is 0. The monoisotopic (exact) mass is 198 g/mol. The van der Waals surface area contributed by atoms with Crippen LogP contribution >= 0.6 is 0 Å². The van der Waals surface area contributed by atoms with Gasteiger partial charge in [-0.3, -0.25) is 0 Å². The van der Waals surface area contributed by atoms with E-state index in [1.165, 1.54) is 7.11 Å². The minimum atomic E-state index is -0.438. The normalized spacial score (nSPS) is 10.4. The van der Waals surface area contributed by atoms with Crippen molar-refractivity contribution >= 4 is 0 Å². The predicted octanol–water partition coefficient (Wildman–Crippen LogP) is 2.93. The van der Waals surface area contributed by atoms with Gasteiger partial charge in [0.15, 0.2) is 11.5 Å². The minimum Gasteiger partial charge on any atom is -0.494 e. The summed E-state index contributed by atoms with van der Waals surface area (Å²) in [7, 11) is 1.44. The molecule has 0 radical (unpaired) electrons. The summed E-state index contributed by atoms with van der Waals surface area (Å²) in [6, 6.07) is 3.31. The Bertz CT molecular complexity index is 321. The maximum Gasteiger partial charge on any atom is 0.206 e. The molecule has 0 aromatic heterocycles. The number of methoxy groups -OCH3 is 1. The zero-order chi connectivity index (χ0) is 10.7. The summed E-state index contributed by atoms with van der Waals surface area (Å²) in [5, 5.41) is 0. The average Bonchev–Trinajstić information content (AvgIpc) is 2.09. The first-order valence-electron chi connectivity index (χ1n) is 4.55. The van der Waals surface area contributed by atoms with Crippen LogP contribution in [0.25, 0.3) is 0 Å². The highest BCUT2D eigenvalue weighted by atomic mass is 19.1. The Labute approximate surface area is 83.6 Å². The second-order valence-electron chi connectivity index (χ2n) is 3.45. The predicted molar refractivity (Wildman–Crippen MR) is 53.5 cm³/mol. The van der Waals surface area contributed by atoms with Crippen LogP contribution in [0.2, 0.25) is 0 Å². The van der Waals surface area contributed by atoms with Gasteiger partial charge in [-0.05, 0) is 38.5 Å². The lowest BCUT2D eigenvalue weighted by Gasteiger charge is -2.13. The molecule has 0 unspecified atom stereocenters. The van der Waals surface area contributed by atoms with Gasteiger partial charge in [0.2, 0.25) is 5.82 Å². The van der Waals surface area contributed by atoms with Crippen LogP contribution in [0.4, 0.5) is 4.39 Å².